The maximum Gasteiger partial charge on any atom is 0.191 e. The molecule has 0 bridgehead atoms. The van der Waals surface area contributed by atoms with Gasteiger partial charge in [0.2, 0.25) is 0 Å². The quantitative estimate of drug-likeness (QED) is 0.445. The summed E-state index contributed by atoms with van der Waals surface area (Å²) < 4.78 is 13.4. The molecule has 31 heavy (non-hydrogen) atoms. The Morgan fingerprint density at radius 3 is 2.74 bits per heavy atom. The molecule has 0 spiro atoms. The van der Waals surface area contributed by atoms with Gasteiger partial charge in [0.15, 0.2) is 5.16 Å². The van der Waals surface area contributed by atoms with Crippen LogP contribution in [0.4, 0.5) is 0 Å². The number of thioether (sulfide) groups is 1. The van der Waals surface area contributed by atoms with Crippen LogP contribution in [0.25, 0.3) is 0 Å². The van der Waals surface area contributed by atoms with Crippen molar-refractivity contribution in [2.75, 3.05) is 20.8 Å². The molecule has 1 aromatic carbocycles. The summed E-state index contributed by atoms with van der Waals surface area (Å²) in [4.78, 5) is 6.68. The highest BCUT2D eigenvalue weighted by Gasteiger charge is 2.21. The largest absolute Gasteiger partial charge is 0.497 e. The monoisotopic (exact) mass is 439 g/mol. The minimum absolute atomic E-state index is 0.232. The highest BCUT2D eigenvalue weighted by Crippen LogP contribution is 2.24. The van der Waals surface area contributed by atoms with E-state index in [0.717, 1.165) is 67.3 Å². The van der Waals surface area contributed by atoms with Crippen LogP contribution in [0.1, 0.15) is 29.9 Å². The van der Waals surface area contributed by atoms with Gasteiger partial charge >= 0.3 is 0 Å². The number of benzene rings is 1. The van der Waals surface area contributed by atoms with E-state index in [9.17, 15) is 0 Å². The molecule has 0 saturated carbocycles. The molecule has 3 aromatic rings. The van der Waals surface area contributed by atoms with E-state index in [0.29, 0.717) is 0 Å². The fourth-order valence-electron chi connectivity index (χ4n) is 3.68. The molecule has 1 aliphatic heterocycles. The molecule has 8 heteroatoms. The van der Waals surface area contributed by atoms with Gasteiger partial charge < -0.3 is 14.0 Å². The van der Waals surface area contributed by atoms with Crippen LogP contribution in [-0.4, -0.2) is 51.5 Å². The molecule has 2 aromatic heterocycles. The van der Waals surface area contributed by atoms with Crippen LogP contribution in [0.15, 0.2) is 53.8 Å². The molecule has 3 heterocycles. The number of methoxy groups -OCH3 is 1. The number of nitrogens with zero attached hydrogens (tertiary/aromatic N) is 5. The van der Waals surface area contributed by atoms with Crippen LogP contribution in [0.2, 0.25) is 0 Å². The molecule has 164 valence electrons. The zero-order chi connectivity index (χ0) is 21.5. The summed E-state index contributed by atoms with van der Waals surface area (Å²) in [5.74, 6) is 2.61. The minimum atomic E-state index is 0.232. The van der Waals surface area contributed by atoms with Crippen molar-refractivity contribution >= 4 is 11.8 Å². The van der Waals surface area contributed by atoms with Crippen molar-refractivity contribution in [1.29, 1.82) is 0 Å². The van der Waals surface area contributed by atoms with Crippen molar-refractivity contribution in [3.63, 3.8) is 0 Å². The Labute approximate surface area is 187 Å². The fourth-order valence-corrected chi connectivity index (χ4v) is 4.56. The summed E-state index contributed by atoms with van der Waals surface area (Å²) in [7, 11) is 3.79. The average Bonchev–Trinajstić information content (AvgIpc) is 3.44. The molecule has 0 radical (unpaired) electrons. The number of hydrogen-bond donors (Lipinski definition) is 0. The highest BCUT2D eigenvalue weighted by molar-refractivity contribution is 7.98. The lowest BCUT2D eigenvalue weighted by Gasteiger charge is -2.19. The molecule has 1 fully saturated rings. The van der Waals surface area contributed by atoms with Gasteiger partial charge in [-0.15, -0.1) is 10.2 Å². The molecule has 1 atom stereocenters. The summed E-state index contributed by atoms with van der Waals surface area (Å²) in [6.45, 7) is 3.18. The fraction of sp³-hybridized carbons (Fsp3) is 0.435. The maximum absolute atomic E-state index is 5.90. The number of aromatic nitrogens is 4. The number of ether oxygens (including phenoxy) is 2. The van der Waals surface area contributed by atoms with Gasteiger partial charge in [-0.05, 0) is 49.7 Å². The molecule has 7 nitrogen and oxygen atoms in total. The summed E-state index contributed by atoms with van der Waals surface area (Å²) in [6, 6.07) is 14.2. The van der Waals surface area contributed by atoms with E-state index in [1.165, 1.54) is 5.56 Å². The van der Waals surface area contributed by atoms with E-state index >= 15 is 0 Å². The Hall–Kier alpha value is -2.42. The Morgan fingerprint density at radius 1 is 1.16 bits per heavy atom. The van der Waals surface area contributed by atoms with Crippen molar-refractivity contribution in [2.24, 2.45) is 0 Å². The summed E-state index contributed by atoms with van der Waals surface area (Å²) in [5.41, 5.74) is 2.27. The standard InChI is InChI=1S/C23H29N5O2S/c1-27(14-18-8-10-20(29-2)11-9-18)16-22-25-26-23(28(22)15-21-7-5-13-30-21)31-17-19-6-3-4-12-24-19/h3-4,6,8-12,21H,5,7,13-17H2,1-2H3/t21-/m1/s1. The minimum Gasteiger partial charge on any atom is -0.497 e. The third-order valence-electron chi connectivity index (χ3n) is 5.30. The van der Waals surface area contributed by atoms with Gasteiger partial charge in [0, 0.05) is 25.1 Å². The van der Waals surface area contributed by atoms with Crippen LogP contribution in [0.5, 0.6) is 5.75 Å². The second kappa shape index (κ2) is 10.7. The van der Waals surface area contributed by atoms with Gasteiger partial charge in [-0.2, -0.15) is 0 Å². The van der Waals surface area contributed by atoms with Crippen molar-refractivity contribution in [1.82, 2.24) is 24.6 Å². The SMILES string of the molecule is COc1ccc(CN(C)Cc2nnc(SCc3ccccn3)n2C[C@H]2CCCO2)cc1. The van der Waals surface area contributed by atoms with Crippen LogP contribution in [0, 0.1) is 0 Å². The van der Waals surface area contributed by atoms with E-state index in [2.05, 4.69) is 43.8 Å². The topological polar surface area (TPSA) is 65.3 Å². The van der Waals surface area contributed by atoms with Gasteiger partial charge in [-0.3, -0.25) is 9.88 Å². The number of rotatable bonds is 10. The van der Waals surface area contributed by atoms with E-state index in [-0.39, 0.29) is 6.10 Å². The highest BCUT2D eigenvalue weighted by atomic mass is 32.2. The number of hydrogen-bond acceptors (Lipinski definition) is 7. The third kappa shape index (κ3) is 6.06. The molecule has 0 unspecified atom stereocenters. The third-order valence-corrected chi connectivity index (χ3v) is 6.30. The first-order chi connectivity index (χ1) is 15.2. The summed E-state index contributed by atoms with van der Waals surface area (Å²) in [5, 5.41) is 9.96. The lowest BCUT2D eigenvalue weighted by molar-refractivity contribution is 0.0934. The average molecular weight is 440 g/mol. The second-order valence-electron chi connectivity index (χ2n) is 7.77. The smallest absolute Gasteiger partial charge is 0.191 e. The van der Waals surface area contributed by atoms with Crippen LogP contribution < -0.4 is 4.74 Å². The molecule has 0 aliphatic carbocycles. The lowest BCUT2D eigenvalue weighted by Crippen LogP contribution is -2.23. The Kier molecular flexibility index (Phi) is 7.56. The van der Waals surface area contributed by atoms with Crippen LogP contribution >= 0.6 is 11.8 Å². The first-order valence-corrected chi connectivity index (χ1v) is 11.6. The van der Waals surface area contributed by atoms with Crippen LogP contribution in [-0.2, 0) is 30.1 Å². The Bertz CT molecular complexity index is 942. The van der Waals surface area contributed by atoms with E-state index in [4.69, 9.17) is 9.47 Å². The normalized spacial score (nSPS) is 16.2. The van der Waals surface area contributed by atoms with Crippen molar-refractivity contribution in [3.05, 3.63) is 65.7 Å². The molecule has 1 aliphatic rings. The van der Waals surface area contributed by atoms with Gasteiger partial charge in [0.1, 0.15) is 11.6 Å². The molecular formula is C23H29N5O2S. The molecule has 0 N–H and O–H groups in total. The maximum atomic E-state index is 5.90. The summed E-state index contributed by atoms with van der Waals surface area (Å²) in [6.07, 6.45) is 4.27. The van der Waals surface area contributed by atoms with Gasteiger partial charge in [-0.25, -0.2) is 0 Å². The molecule has 4 rings (SSSR count). The van der Waals surface area contributed by atoms with Crippen LogP contribution in [0.3, 0.4) is 0 Å². The number of pyridine rings is 1. The first kappa shape index (κ1) is 21.8. The molecule has 0 amide bonds. The predicted octanol–water partition coefficient (Wildman–Crippen LogP) is 3.79. The lowest BCUT2D eigenvalue weighted by atomic mass is 10.2. The zero-order valence-electron chi connectivity index (χ0n) is 18.1. The van der Waals surface area contributed by atoms with Gasteiger partial charge in [0.05, 0.1) is 32.0 Å². The van der Waals surface area contributed by atoms with Gasteiger partial charge in [-0.1, -0.05) is 30.0 Å². The second-order valence-corrected chi connectivity index (χ2v) is 8.72. The first-order valence-electron chi connectivity index (χ1n) is 10.6. The van der Waals surface area contributed by atoms with E-state index < -0.39 is 0 Å². The van der Waals surface area contributed by atoms with Crippen molar-refractivity contribution in [3.8, 4) is 5.75 Å². The zero-order valence-corrected chi connectivity index (χ0v) is 18.9. The molecular weight excluding hydrogens is 410 g/mol. The van der Waals surface area contributed by atoms with E-state index in [1.807, 2.05) is 36.5 Å². The predicted molar refractivity (Wildman–Crippen MR) is 121 cm³/mol. The van der Waals surface area contributed by atoms with E-state index in [1.54, 1.807) is 18.9 Å². The van der Waals surface area contributed by atoms with Crippen molar-refractivity contribution < 1.29 is 9.47 Å². The summed E-state index contributed by atoms with van der Waals surface area (Å²) >= 11 is 1.68. The van der Waals surface area contributed by atoms with Gasteiger partial charge in [0.25, 0.3) is 0 Å². The Morgan fingerprint density at radius 2 is 2.03 bits per heavy atom. The Balaban J connectivity index is 1.45. The van der Waals surface area contributed by atoms with Crippen molar-refractivity contribution in [2.45, 2.75) is 49.5 Å². The molecule has 1 saturated heterocycles.